The number of hydrogen-bond acceptors (Lipinski definition) is 5. The Morgan fingerprint density at radius 2 is 2.12 bits per heavy atom. The molecular formula is C20H22N6. The fourth-order valence-electron chi connectivity index (χ4n) is 2.68. The standard InChI is InChI=1S/C20H22N6/c1-3-6-16(26-18(22)4-2)15-12-24-20-19(15)17(9-10-23-20)25-14-8-5-7-13(21)11-14/h3-12H,21-22H2,1-2H3,(H2,23,24,25)/b6-3-,18-4+,26-16+. The highest BCUT2D eigenvalue weighted by Gasteiger charge is 2.13. The number of aromatic nitrogens is 2. The van der Waals surface area contributed by atoms with Crippen molar-refractivity contribution in [3.63, 3.8) is 0 Å². The maximum atomic E-state index is 5.92. The van der Waals surface area contributed by atoms with Gasteiger partial charge in [0.05, 0.1) is 16.8 Å². The van der Waals surface area contributed by atoms with E-state index in [4.69, 9.17) is 11.5 Å². The van der Waals surface area contributed by atoms with Gasteiger partial charge in [-0.25, -0.2) is 9.98 Å². The van der Waals surface area contributed by atoms with Crippen LogP contribution < -0.4 is 16.8 Å². The van der Waals surface area contributed by atoms with Crippen LogP contribution in [-0.4, -0.2) is 15.7 Å². The first-order chi connectivity index (χ1) is 12.6. The first-order valence-electron chi connectivity index (χ1n) is 8.34. The summed E-state index contributed by atoms with van der Waals surface area (Å²) in [6.45, 7) is 3.80. The molecule has 6 nitrogen and oxygen atoms in total. The molecule has 0 aliphatic carbocycles. The summed E-state index contributed by atoms with van der Waals surface area (Å²) in [4.78, 5) is 12.1. The predicted molar refractivity (Wildman–Crippen MR) is 110 cm³/mol. The van der Waals surface area contributed by atoms with Crippen LogP contribution in [0.5, 0.6) is 0 Å². The summed E-state index contributed by atoms with van der Waals surface area (Å²) in [5.41, 5.74) is 16.8. The molecule has 0 unspecified atom stereocenters. The molecule has 0 fully saturated rings. The van der Waals surface area contributed by atoms with Crippen LogP contribution in [0.15, 0.2) is 71.8 Å². The SMILES string of the molecule is C\C=C/C(=N\C(N)=C\C)c1c[nH]c2nccc(Nc3cccc(N)c3)c12. The second-order valence-electron chi connectivity index (χ2n) is 5.75. The van der Waals surface area contributed by atoms with Gasteiger partial charge in [0.1, 0.15) is 11.5 Å². The maximum Gasteiger partial charge on any atom is 0.140 e. The third-order valence-corrected chi connectivity index (χ3v) is 3.88. The predicted octanol–water partition coefficient (Wildman–Crippen LogP) is 4.07. The molecular weight excluding hydrogens is 324 g/mol. The topological polar surface area (TPSA) is 105 Å². The third kappa shape index (κ3) is 3.59. The Balaban J connectivity index is 2.14. The zero-order chi connectivity index (χ0) is 18.5. The Morgan fingerprint density at radius 1 is 1.27 bits per heavy atom. The minimum absolute atomic E-state index is 0.460. The summed E-state index contributed by atoms with van der Waals surface area (Å²) in [6.07, 6.45) is 9.27. The fourth-order valence-corrected chi connectivity index (χ4v) is 2.68. The van der Waals surface area contributed by atoms with Gasteiger partial charge in [-0.2, -0.15) is 0 Å². The van der Waals surface area contributed by atoms with Crippen LogP contribution >= 0.6 is 0 Å². The molecule has 6 heteroatoms. The van der Waals surface area contributed by atoms with Gasteiger partial charge in [-0.05, 0) is 50.3 Å². The number of H-pyrrole nitrogens is 1. The van der Waals surface area contributed by atoms with Crippen molar-refractivity contribution < 1.29 is 0 Å². The van der Waals surface area contributed by atoms with Gasteiger partial charge in [-0.3, -0.25) is 0 Å². The van der Waals surface area contributed by atoms with E-state index >= 15 is 0 Å². The quantitative estimate of drug-likeness (QED) is 0.413. The van der Waals surface area contributed by atoms with Gasteiger partial charge in [0.2, 0.25) is 0 Å². The lowest BCUT2D eigenvalue weighted by Gasteiger charge is -2.10. The molecule has 0 radical (unpaired) electrons. The molecule has 0 amide bonds. The first kappa shape index (κ1) is 17.3. The lowest BCUT2D eigenvalue weighted by Crippen LogP contribution is -2.02. The van der Waals surface area contributed by atoms with Crippen LogP contribution in [0.3, 0.4) is 0 Å². The van der Waals surface area contributed by atoms with Crippen LogP contribution in [0.4, 0.5) is 17.1 Å². The molecule has 0 atom stereocenters. The van der Waals surface area contributed by atoms with Gasteiger partial charge in [-0.15, -0.1) is 0 Å². The average molecular weight is 346 g/mol. The van der Waals surface area contributed by atoms with Gasteiger partial charge in [0, 0.05) is 29.3 Å². The smallest absolute Gasteiger partial charge is 0.140 e. The van der Waals surface area contributed by atoms with Crippen molar-refractivity contribution in [3.05, 3.63) is 72.3 Å². The van der Waals surface area contributed by atoms with E-state index in [9.17, 15) is 0 Å². The number of pyridine rings is 1. The molecule has 0 saturated carbocycles. The van der Waals surface area contributed by atoms with E-state index in [1.54, 1.807) is 12.3 Å². The number of nitrogens with zero attached hydrogens (tertiary/aromatic N) is 2. The van der Waals surface area contributed by atoms with Crippen molar-refractivity contribution in [2.45, 2.75) is 13.8 Å². The van der Waals surface area contributed by atoms with Crippen molar-refractivity contribution in [2.75, 3.05) is 11.1 Å². The van der Waals surface area contributed by atoms with Gasteiger partial charge in [-0.1, -0.05) is 12.1 Å². The number of nitrogen functional groups attached to an aromatic ring is 1. The monoisotopic (exact) mass is 346 g/mol. The van der Waals surface area contributed by atoms with Crippen molar-refractivity contribution in [1.82, 2.24) is 9.97 Å². The molecule has 0 aliphatic heterocycles. The van der Waals surface area contributed by atoms with Crippen LogP contribution in [0, 0.1) is 0 Å². The van der Waals surface area contributed by atoms with E-state index in [0.29, 0.717) is 11.5 Å². The van der Waals surface area contributed by atoms with Gasteiger partial charge >= 0.3 is 0 Å². The molecule has 132 valence electrons. The molecule has 0 bridgehead atoms. The molecule has 2 heterocycles. The summed E-state index contributed by atoms with van der Waals surface area (Å²) in [6, 6.07) is 9.54. The Bertz CT molecular complexity index is 1010. The van der Waals surface area contributed by atoms with Gasteiger partial charge < -0.3 is 21.8 Å². The summed E-state index contributed by atoms with van der Waals surface area (Å²) in [7, 11) is 0. The van der Waals surface area contributed by atoms with Crippen molar-refractivity contribution in [2.24, 2.45) is 10.7 Å². The van der Waals surface area contributed by atoms with E-state index in [1.807, 2.05) is 62.5 Å². The van der Waals surface area contributed by atoms with Gasteiger partial charge in [0.25, 0.3) is 0 Å². The van der Waals surface area contributed by atoms with Crippen LogP contribution in [0.1, 0.15) is 19.4 Å². The number of anilines is 3. The first-order valence-corrected chi connectivity index (χ1v) is 8.34. The zero-order valence-electron chi connectivity index (χ0n) is 14.8. The minimum Gasteiger partial charge on any atom is -0.399 e. The van der Waals surface area contributed by atoms with Crippen LogP contribution in [0.2, 0.25) is 0 Å². The summed E-state index contributed by atoms with van der Waals surface area (Å²) < 4.78 is 0. The normalized spacial score (nSPS) is 12.8. The lowest BCUT2D eigenvalue weighted by atomic mass is 10.1. The van der Waals surface area contributed by atoms with Crippen molar-refractivity contribution in [1.29, 1.82) is 0 Å². The molecule has 26 heavy (non-hydrogen) atoms. The number of aliphatic imine (C=N–C) groups is 1. The van der Waals surface area contributed by atoms with Crippen LogP contribution in [-0.2, 0) is 0 Å². The van der Waals surface area contributed by atoms with E-state index in [1.165, 1.54) is 0 Å². The molecule has 0 saturated heterocycles. The average Bonchev–Trinajstić information content (AvgIpc) is 3.06. The Hall–Kier alpha value is -3.54. The lowest BCUT2D eigenvalue weighted by molar-refractivity contribution is 1.23. The Labute approximate surface area is 152 Å². The molecule has 3 rings (SSSR count). The molecule has 0 spiro atoms. The molecule has 3 aromatic rings. The highest BCUT2D eigenvalue weighted by molar-refractivity contribution is 6.18. The van der Waals surface area contributed by atoms with Crippen molar-refractivity contribution >= 4 is 33.8 Å². The highest BCUT2D eigenvalue weighted by Crippen LogP contribution is 2.29. The fraction of sp³-hybridized carbons (Fsp3) is 0.100. The molecule has 6 N–H and O–H groups in total. The van der Waals surface area contributed by atoms with E-state index in [-0.39, 0.29) is 0 Å². The number of benzene rings is 1. The van der Waals surface area contributed by atoms with Gasteiger partial charge in [0.15, 0.2) is 0 Å². The number of nitrogens with two attached hydrogens (primary N) is 2. The van der Waals surface area contributed by atoms with E-state index < -0.39 is 0 Å². The molecule has 1 aromatic carbocycles. The molecule has 2 aromatic heterocycles. The summed E-state index contributed by atoms with van der Waals surface area (Å²) >= 11 is 0. The maximum absolute atomic E-state index is 5.92. The largest absolute Gasteiger partial charge is 0.399 e. The van der Waals surface area contributed by atoms with E-state index in [2.05, 4.69) is 20.3 Å². The zero-order valence-corrected chi connectivity index (χ0v) is 14.8. The number of aromatic amines is 1. The number of fused-ring (bicyclic) bond motifs is 1. The number of rotatable bonds is 5. The summed E-state index contributed by atoms with van der Waals surface area (Å²) in [5, 5.41) is 4.35. The third-order valence-electron chi connectivity index (χ3n) is 3.88. The van der Waals surface area contributed by atoms with Crippen LogP contribution in [0.25, 0.3) is 11.0 Å². The molecule has 0 aliphatic rings. The Morgan fingerprint density at radius 3 is 2.85 bits per heavy atom. The van der Waals surface area contributed by atoms with Crippen molar-refractivity contribution in [3.8, 4) is 0 Å². The Kier molecular flexibility index (Phi) is 5.03. The second-order valence-corrected chi connectivity index (χ2v) is 5.75. The summed E-state index contributed by atoms with van der Waals surface area (Å²) in [5.74, 6) is 0.460. The second kappa shape index (κ2) is 7.57. The highest BCUT2D eigenvalue weighted by atomic mass is 14.9. The number of allylic oxidation sites excluding steroid dienone is 3. The number of nitrogens with one attached hydrogen (secondary N) is 2. The minimum atomic E-state index is 0.460. The van der Waals surface area contributed by atoms with E-state index in [0.717, 1.165) is 33.7 Å². The number of hydrogen-bond donors (Lipinski definition) is 4.